The van der Waals surface area contributed by atoms with Gasteiger partial charge in [-0.3, -0.25) is 4.79 Å². The molecule has 1 saturated heterocycles. The fourth-order valence-electron chi connectivity index (χ4n) is 2.12. The van der Waals surface area contributed by atoms with E-state index in [1.807, 2.05) is 4.90 Å². The Kier molecular flexibility index (Phi) is 4.00. The Bertz CT molecular complexity index is 410. The molecule has 1 aliphatic rings. The van der Waals surface area contributed by atoms with Gasteiger partial charge in [0.1, 0.15) is 5.82 Å². The van der Waals surface area contributed by atoms with E-state index in [0.29, 0.717) is 11.8 Å². The molecule has 1 aromatic rings. The van der Waals surface area contributed by atoms with Crippen LogP contribution in [0.4, 0.5) is 4.39 Å². The van der Waals surface area contributed by atoms with Gasteiger partial charge in [-0.25, -0.2) is 4.39 Å². The van der Waals surface area contributed by atoms with Crippen LogP contribution < -0.4 is 0 Å². The molecule has 1 fully saturated rings. The lowest BCUT2D eigenvalue weighted by Gasteiger charge is -2.16. The van der Waals surface area contributed by atoms with Crippen LogP contribution in [0.15, 0.2) is 24.3 Å². The summed E-state index contributed by atoms with van der Waals surface area (Å²) in [5, 5.41) is 0. The molecule has 1 unspecified atom stereocenters. The number of rotatable bonds is 3. The molecule has 0 spiro atoms. The maximum absolute atomic E-state index is 13.0. The molecule has 2 nitrogen and oxygen atoms in total. The number of amides is 1. The van der Waals surface area contributed by atoms with Gasteiger partial charge in [0.05, 0.1) is 6.42 Å². The summed E-state index contributed by atoms with van der Waals surface area (Å²) in [7, 11) is 0. The highest BCUT2D eigenvalue weighted by Crippen LogP contribution is 2.18. The second kappa shape index (κ2) is 5.50. The van der Waals surface area contributed by atoms with Crippen molar-refractivity contribution < 1.29 is 9.18 Å². The zero-order chi connectivity index (χ0) is 12.3. The van der Waals surface area contributed by atoms with E-state index < -0.39 is 0 Å². The van der Waals surface area contributed by atoms with Crippen molar-refractivity contribution >= 4 is 17.5 Å². The highest BCUT2D eigenvalue weighted by molar-refractivity contribution is 6.18. The Labute approximate surface area is 105 Å². The van der Waals surface area contributed by atoms with Crippen LogP contribution in [0.2, 0.25) is 0 Å². The summed E-state index contributed by atoms with van der Waals surface area (Å²) >= 11 is 5.77. The minimum absolute atomic E-state index is 0.0585. The van der Waals surface area contributed by atoms with Gasteiger partial charge < -0.3 is 4.90 Å². The maximum atomic E-state index is 13.0. The molecule has 0 aliphatic carbocycles. The quantitative estimate of drug-likeness (QED) is 0.760. The molecule has 1 atom stereocenters. The van der Waals surface area contributed by atoms with E-state index in [2.05, 4.69) is 0 Å². The van der Waals surface area contributed by atoms with Crippen LogP contribution in [0, 0.1) is 11.7 Å². The summed E-state index contributed by atoms with van der Waals surface area (Å²) in [5.41, 5.74) is 0.726. The third-order valence-corrected chi connectivity index (χ3v) is 3.54. The van der Waals surface area contributed by atoms with Crippen molar-refractivity contribution in [3.05, 3.63) is 35.6 Å². The molecule has 0 radical (unpaired) electrons. The Morgan fingerprint density at radius 3 is 3.00 bits per heavy atom. The molecular formula is C13H15ClFNO. The van der Waals surface area contributed by atoms with Crippen molar-refractivity contribution in [2.24, 2.45) is 5.92 Å². The van der Waals surface area contributed by atoms with Gasteiger partial charge in [0.2, 0.25) is 5.91 Å². The van der Waals surface area contributed by atoms with E-state index in [4.69, 9.17) is 11.6 Å². The van der Waals surface area contributed by atoms with Gasteiger partial charge in [0.25, 0.3) is 0 Å². The van der Waals surface area contributed by atoms with Crippen LogP contribution in [0.3, 0.4) is 0 Å². The average Bonchev–Trinajstić information content (AvgIpc) is 2.77. The minimum Gasteiger partial charge on any atom is -0.342 e. The Morgan fingerprint density at radius 2 is 2.35 bits per heavy atom. The highest BCUT2D eigenvalue weighted by atomic mass is 35.5. The molecule has 4 heteroatoms. The molecule has 1 amide bonds. The molecule has 92 valence electrons. The number of hydrogen-bond acceptors (Lipinski definition) is 1. The van der Waals surface area contributed by atoms with Crippen molar-refractivity contribution in [3.8, 4) is 0 Å². The van der Waals surface area contributed by atoms with Crippen molar-refractivity contribution in [1.29, 1.82) is 0 Å². The largest absolute Gasteiger partial charge is 0.342 e. The summed E-state index contributed by atoms with van der Waals surface area (Å²) in [6.45, 7) is 1.50. The molecule has 17 heavy (non-hydrogen) atoms. The van der Waals surface area contributed by atoms with E-state index in [1.54, 1.807) is 12.1 Å². The van der Waals surface area contributed by atoms with Crippen molar-refractivity contribution in [2.75, 3.05) is 19.0 Å². The van der Waals surface area contributed by atoms with Crippen molar-refractivity contribution in [1.82, 2.24) is 4.90 Å². The second-order valence-corrected chi connectivity index (χ2v) is 4.76. The van der Waals surface area contributed by atoms with Gasteiger partial charge in [0.15, 0.2) is 0 Å². The van der Waals surface area contributed by atoms with E-state index in [9.17, 15) is 9.18 Å². The lowest BCUT2D eigenvalue weighted by molar-refractivity contribution is -0.129. The second-order valence-electron chi connectivity index (χ2n) is 4.46. The molecule has 2 rings (SSSR count). The number of carbonyl (C=O) groups is 1. The molecule has 1 aliphatic heterocycles. The first-order valence-electron chi connectivity index (χ1n) is 5.77. The third kappa shape index (κ3) is 3.19. The third-order valence-electron chi connectivity index (χ3n) is 3.10. The predicted octanol–water partition coefficient (Wildman–Crippen LogP) is 2.46. The van der Waals surface area contributed by atoms with Crippen LogP contribution in [-0.4, -0.2) is 29.8 Å². The lowest BCUT2D eigenvalue weighted by Crippen LogP contribution is -2.30. The molecule has 1 heterocycles. The van der Waals surface area contributed by atoms with Gasteiger partial charge in [0, 0.05) is 19.0 Å². The first kappa shape index (κ1) is 12.4. The normalized spacial score (nSPS) is 19.6. The molecule has 0 aromatic heterocycles. The van der Waals surface area contributed by atoms with Crippen LogP contribution >= 0.6 is 11.6 Å². The number of benzene rings is 1. The SMILES string of the molecule is O=C(Cc1cccc(F)c1)N1CCC(CCl)C1. The summed E-state index contributed by atoms with van der Waals surface area (Å²) in [6.07, 6.45) is 1.24. The minimum atomic E-state index is -0.296. The summed E-state index contributed by atoms with van der Waals surface area (Å²) < 4.78 is 13.0. The summed E-state index contributed by atoms with van der Waals surface area (Å²) in [4.78, 5) is 13.8. The van der Waals surface area contributed by atoms with Crippen molar-refractivity contribution in [3.63, 3.8) is 0 Å². The maximum Gasteiger partial charge on any atom is 0.227 e. The van der Waals surface area contributed by atoms with E-state index in [0.717, 1.165) is 25.1 Å². The smallest absolute Gasteiger partial charge is 0.227 e. The van der Waals surface area contributed by atoms with Crippen LogP contribution in [0.1, 0.15) is 12.0 Å². The molecular weight excluding hydrogens is 241 g/mol. The Hall–Kier alpha value is -1.09. The van der Waals surface area contributed by atoms with E-state index in [1.165, 1.54) is 12.1 Å². The zero-order valence-electron chi connectivity index (χ0n) is 9.53. The first-order chi connectivity index (χ1) is 8.19. The van der Waals surface area contributed by atoms with Crippen LogP contribution in [-0.2, 0) is 11.2 Å². The highest BCUT2D eigenvalue weighted by Gasteiger charge is 2.25. The summed E-state index contributed by atoms with van der Waals surface area (Å²) in [6, 6.07) is 6.19. The van der Waals surface area contributed by atoms with Crippen LogP contribution in [0.25, 0.3) is 0 Å². The lowest BCUT2D eigenvalue weighted by atomic mass is 10.1. The number of carbonyl (C=O) groups excluding carboxylic acids is 1. The number of likely N-dealkylation sites (tertiary alicyclic amines) is 1. The van der Waals surface area contributed by atoms with E-state index in [-0.39, 0.29) is 18.1 Å². The van der Waals surface area contributed by atoms with Crippen molar-refractivity contribution in [2.45, 2.75) is 12.8 Å². The van der Waals surface area contributed by atoms with Gasteiger partial charge in [-0.2, -0.15) is 0 Å². The number of alkyl halides is 1. The van der Waals surface area contributed by atoms with Gasteiger partial charge >= 0.3 is 0 Å². The number of halogens is 2. The topological polar surface area (TPSA) is 20.3 Å². The van der Waals surface area contributed by atoms with Gasteiger partial charge in [-0.15, -0.1) is 11.6 Å². The molecule has 0 bridgehead atoms. The molecule has 0 saturated carbocycles. The van der Waals surface area contributed by atoms with Gasteiger partial charge in [-0.05, 0) is 30.0 Å². The molecule has 1 aromatic carbocycles. The average molecular weight is 256 g/mol. The molecule has 0 N–H and O–H groups in total. The first-order valence-corrected chi connectivity index (χ1v) is 6.30. The fraction of sp³-hybridized carbons (Fsp3) is 0.462. The number of nitrogens with zero attached hydrogens (tertiary/aromatic N) is 1. The predicted molar refractivity (Wildman–Crippen MR) is 65.5 cm³/mol. The van der Waals surface area contributed by atoms with Gasteiger partial charge in [-0.1, -0.05) is 12.1 Å². The van der Waals surface area contributed by atoms with Crippen LogP contribution in [0.5, 0.6) is 0 Å². The summed E-state index contributed by atoms with van der Waals surface area (Å²) in [5.74, 6) is 0.774. The zero-order valence-corrected chi connectivity index (χ0v) is 10.3. The van der Waals surface area contributed by atoms with E-state index >= 15 is 0 Å². The fourth-order valence-corrected chi connectivity index (χ4v) is 2.37. The monoisotopic (exact) mass is 255 g/mol. The standard InChI is InChI=1S/C13H15ClFNO/c14-8-11-4-5-16(9-11)13(17)7-10-2-1-3-12(15)6-10/h1-3,6,11H,4-5,7-9H2. The Morgan fingerprint density at radius 1 is 1.53 bits per heavy atom. The number of hydrogen-bond donors (Lipinski definition) is 0. The Balaban J connectivity index is 1.93.